The van der Waals surface area contributed by atoms with Gasteiger partial charge in [0.2, 0.25) is 0 Å². The average Bonchev–Trinajstić information content (AvgIpc) is 2.07. The second-order valence-electron chi connectivity index (χ2n) is 3.50. The third-order valence-electron chi connectivity index (χ3n) is 2.15. The smallest absolute Gasteiger partial charge is 0.128 e. The first-order valence-electron chi connectivity index (χ1n) is 4.44. The van der Waals surface area contributed by atoms with E-state index in [1.807, 2.05) is 26.8 Å². The molecule has 0 saturated carbocycles. The molecule has 1 aromatic rings. The molecule has 0 aliphatic rings. The van der Waals surface area contributed by atoms with Crippen LogP contribution in [0.5, 0.6) is 11.5 Å². The van der Waals surface area contributed by atoms with Gasteiger partial charge in [-0.3, -0.25) is 0 Å². The van der Waals surface area contributed by atoms with E-state index in [1.165, 1.54) is 0 Å². The van der Waals surface area contributed by atoms with Crippen molar-refractivity contribution in [2.24, 2.45) is 0 Å². The van der Waals surface area contributed by atoms with E-state index in [0.29, 0.717) is 5.75 Å². The van der Waals surface area contributed by atoms with Crippen molar-refractivity contribution in [3.63, 3.8) is 0 Å². The Morgan fingerprint density at radius 3 is 2.31 bits per heavy atom. The summed E-state index contributed by atoms with van der Waals surface area (Å²) in [5, 5.41) is 9.64. The quantitative estimate of drug-likeness (QED) is 0.758. The van der Waals surface area contributed by atoms with Crippen molar-refractivity contribution in [3.05, 3.63) is 23.3 Å². The van der Waals surface area contributed by atoms with Gasteiger partial charge in [0, 0.05) is 5.56 Å². The lowest BCUT2D eigenvalue weighted by molar-refractivity contribution is 0.393. The zero-order valence-corrected chi connectivity index (χ0v) is 8.59. The van der Waals surface area contributed by atoms with Gasteiger partial charge in [-0.2, -0.15) is 0 Å². The summed E-state index contributed by atoms with van der Waals surface area (Å²) in [4.78, 5) is 0. The fraction of sp³-hybridized carbons (Fsp3) is 0.455. The van der Waals surface area contributed by atoms with E-state index < -0.39 is 0 Å². The molecule has 0 bridgehead atoms. The van der Waals surface area contributed by atoms with Gasteiger partial charge in [0.05, 0.1) is 7.11 Å². The van der Waals surface area contributed by atoms with E-state index in [4.69, 9.17) is 4.74 Å². The van der Waals surface area contributed by atoms with Crippen molar-refractivity contribution < 1.29 is 9.84 Å². The minimum atomic E-state index is 0.273. The Morgan fingerprint density at radius 1 is 1.31 bits per heavy atom. The molecule has 2 nitrogen and oxygen atoms in total. The van der Waals surface area contributed by atoms with Crippen molar-refractivity contribution >= 4 is 0 Å². The number of hydrogen-bond donors (Lipinski definition) is 1. The molecule has 0 unspecified atom stereocenters. The molecular formula is C11H16O2. The molecule has 0 amide bonds. The number of benzene rings is 1. The van der Waals surface area contributed by atoms with Gasteiger partial charge < -0.3 is 9.84 Å². The lowest BCUT2D eigenvalue weighted by atomic mass is 9.98. The van der Waals surface area contributed by atoms with Gasteiger partial charge >= 0.3 is 0 Å². The normalized spacial score (nSPS) is 10.5. The third-order valence-corrected chi connectivity index (χ3v) is 2.15. The molecule has 0 saturated heterocycles. The van der Waals surface area contributed by atoms with E-state index in [-0.39, 0.29) is 5.92 Å². The Labute approximate surface area is 79.2 Å². The molecule has 0 spiro atoms. The number of methoxy groups -OCH3 is 1. The molecule has 0 aliphatic heterocycles. The number of aromatic hydroxyl groups is 1. The molecule has 0 aliphatic carbocycles. The van der Waals surface area contributed by atoms with Crippen molar-refractivity contribution in [2.45, 2.75) is 26.7 Å². The summed E-state index contributed by atoms with van der Waals surface area (Å²) in [7, 11) is 1.63. The first-order chi connectivity index (χ1) is 6.07. The van der Waals surface area contributed by atoms with Crippen LogP contribution in [0.4, 0.5) is 0 Å². The summed E-state index contributed by atoms with van der Waals surface area (Å²) >= 11 is 0. The Bertz CT molecular complexity index is 303. The topological polar surface area (TPSA) is 29.5 Å². The standard InChI is InChI=1S/C11H16O2/c1-7(2)10-9(12)6-5-8(3)11(10)13-4/h5-7,12H,1-4H3. The van der Waals surface area contributed by atoms with Crippen LogP contribution in [0.2, 0.25) is 0 Å². The Morgan fingerprint density at radius 2 is 1.92 bits per heavy atom. The van der Waals surface area contributed by atoms with E-state index >= 15 is 0 Å². The molecule has 0 fully saturated rings. The summed E-state index contributed by atoms with van der Waals surface area (Å²) in [5.74, 6) is 1.39. The highest BCUT2D eigenvalue weighted by molar-refractivity contribution is 5.50. The zero-order chi connectivity index (χ0) is 10.0. The lowest BCUT2D eigenvalue weighted by Crippen LogP contribution is -1.97. The third kappa shape index (κ3) is 1.77. The number of hydrogen-bond acceptors (Lipinski definition) is 2. The van der Waals surface area contributed by atoms with E-state index in [9.17, 15) is 5.11 Å². The molecule has 0 radical (unpaired) electrons. The van der Waals surface area contributed by atoms with Crippen LogP contribution in [0, 0.1) is 6.92 Å². The van der Waals surface area contributed by atoms with Gasteiger partial charge in [0.1, 0.15) is 11.5 Å². The predicted molar refractivity (Wildman–Crippen MR) is 53.5 cm³/mol. The number of phenols is 1. The van der Waals surface area contributed by atoms with Crippen LogP contribution in [0.15, 0.2) is 12.1 Å². The maximum atomic E-state index is 9.64. The average molecular weight is 180 g/mol. The van der Waals surface area contributed by atoms with Gasteiger partial charge in [-0.15, -0.1) is 0 Å². The Kier molecular flexibility index (Phi) is 2.81. The molecule has 2 heteroatoms. The molecule has 0 aromatic heterocycles. The highest BCUT2D eigenvalue weighted by Crippen LogP contribution is 2.36. The predicted octanol–water partition coefficient (Wildman–Crippen LogP) is 2.83. The number of ether oxygens (including phenoxy) is 1. The van der Waals surface area contributed by atoms with Crippen molar-refractivity contribution in [3.8, 4) is 11.5 Å². The fourth-order valence-corrected chi connectivity index (χ4v) is 1.53. The van der Waals surface area contributed by atoms with Crippen molar-refractivity contribution in [2.75, 3.05) is 7.11 Å². The summed E-state index contributed by atoms with van der Waals surface area (Å²) < 4.78 is 5.26. The molecule has 0 heterocycles. The molecule has 0 atom stereocenters. The number of rotatable bonds is 2. The molecule has 72 valence electrons. The van der Waals surface area contributed by atoms with E-state index in [2.05, 4.69) is 0 Å². The van der Waals surface area contributed by atoms with Crippen LogP contribution in [-0.4, -0.2) is 12.2 Å². The van der Waals surface area contributed by atoms with E-state index in [1.54, 1.807) is 13.2 Å². The molecule has 1 rings (SSSR count). The first-order valence-corrected chi connectivity index (χ1v) is 4.44. The summed E-state index contributed by atoms with van der Waals surface area (Å²) in [6.45, 7) is 6.05. The van der Waals surface area contributed by atoms with Crippen LogP contribution in [0.3, 0.4) is 0 Å². The van der Waals surface area contributed by atoms with Crippen LogP contribution in [-0.2, 0) is 0 Å². The highest BCUT2D eigenvalue weighted by atomic mass is 16.5. The van der Waals surface area contributed by atoms with Gasteiger partial charge in [0.25, 0.3) is 0 Å². The Hall–Kier alpha value is -1.18. The van der Waals surface area contributed by atoms with Crippen LogP contribution >= 0.6 is 0 Å². The lowest BCUT2D eigenvalue weighted by Gasteiger charge is -2.15. The van der Waals surface area contributed by atoms with Gasteiger partial charge in [-0.1, -0.05) is 19.9 Å². The fourth-order valence-electron chi connectivity index (χ4n) is 1.53. The Balaban J connectivity index is 3.35. The van der Waals surface area contributed by atoms with Gasteiger partial charge in [-0.25, -0.2) is 0 Å². The maximum absolute atomic E-state index is 9.64. The minimum Gasteiger partial charge on any atom is -0.508 e. The number of aryl methyl sites for hydroxylation is 1. The summed E-state index contributed by atoms with van der Waals surface area (Å²) in [6, 6.07) is 3.58. The largest absolute Gasteiger partial charge is 0.508 e. The highest BCUT2D eigenvalue weighted by Gasteiger charge is 2.14. The van der Waals surface area contributed by atoms with E-state index in [0.717, 1.165) is 16.9 Å². The molecular weight excluding hydrogens is 164 g/mol. The minimum absolute atomic E-state index is 0.273. The number of phenolic OH excluding ortho intramolecular Hbond substituents is 1. The van der Waals surface area contributed by atoms with Crippen LogP contribution < -0.4 is 4.74 Å². The summed E-state index contributed by atoms with van der Waals surface area (Å²) in [6.07, 6.45) is 0. The first kappa shape index (κ1) is 9.90. The van der Waals surface area contributed by atoms with Gasteiger partial charge in [0.15, 0.2) is 0 Å². The molecule has 1 N–H and O–H groups in total. The second-order valence-corrected chi connectivity index (χ2v) is 3.50. The maximum Gasteiger partial charge on any atom is 0.128 e. The van der Waals surface area contributed by atoms with Crippen molar-refractivity contribution in [1.29, 1.82) is 0 Å². The SMILES string of the molecule is COc1c(C)ccc(O)c1C(C)C. The summed E-state index contributed by atoms with van der Waals surface area (Å²) in [5.41, 5.74) is 1.95. The zero-order valence-electron chi connectivity index (χ0n) is 8.59. The van der Waals surface area contributed by atoms with Crippen molar-refractivity contribution in [1.82, 2.24) is 0 Å². The van der Waals surface area contributed by atoms with Crippen LogP contribution in [0.25, 0.3) is 0 Å². The van der Waals surface area contributed by atoms with Crippen LogP contribution in [0.1, 0.15) is 30.9 Å². The monoisotopic (exact) mass is 180 g/mol. The van der Waals surface area contributed by atoms with Gasteiger partial charge in [-0.05, 0) is 24.5 Å². The molecule has 1 aromatic carbocycles. The second kappa shape index (κ2) is 3.69. The molecule has 13 heavy (non-hydrogen) atoms.